The summed E-state index contributed by atoms with van der Waals surface area (Å²) in [6, 6.07) is 4.08. The molecule has 0 bridgehead atoms. The number of carbonyl (C=O) groups excluding carboxylic acids is 1. The van der Waals surface area contributed by atoms with Crippen molar-refractivity contribution in [2.24, 2.45) is 11.8 Å². The molecular formula is C18H25ClN6OS. The van der Waals surface area contributed by atoms with Gasteiger partial charge >= 0.3 is 0 Å². The largest absolute Gasteiger partial charge is 0.348 e. The van der Waals surface area contributed by atoms with Crippen molar-refractivity contribution in [1.82, 2.24) is 29.9 Å². The topological polar surface area (TPSA) is 66.3 Å². The average molecular weight is 409 g/mol. The zero-order chi connectivity index (χ0) is 19.0. The lowest BCUT2D eigenvalue weighted by Crippen LogP contribution is -2.35. The lowest BCUT2D eigenvalue weighted by atomic mass is 9.89. The molecule has 0 aromatic carbocycles. The van der Waals surface area contributed by atoms with Gasteiger partial charge in [0.15, 0.2) is 0 Å². The zero-order valence-electron chi connectivity index (χ0n) is 15.7. The Hall–Kier alpha value is -1.48. The minimum absolute atomic E-state index is 0.128. The molecule has 0 unspecified atom stereocenters. The summed E-state index contributed by atoms with van der Waals surface area (Å²) in [7, 11) is 3.97. The van der Waals surface area contributed by atoms with Crippen molar-refractivity contribution in [2.45, 2.75) is 19.5 Å². The quantitative estimate of drug-likeness (QED) is 0.786. The van der Waals surface area contributed by atoms with Gasteiger partial charge in [-0.05, 0) is 38.1 Å². The standard InChI is InChI=1S/C18H25ClN6OS/c1-23(2)6-5-20-18(26)17-22-21-16-7-12-8-24(9-13(12)10-25(16)17)11-14-3-4-15(19)27-14/h3-4,12-13H,5-11H2,1-2H3,(H,20,26)/t12-,13+/m1/s1. The van der Waals surface area contributed by atoms with Gasteiger partial charge in [0.25, 0.3) is 5.91 Å². The summed E-state index contributed by atoms with van der Waals surface area (Å²) in [6.45, 7) is 5.29. The summed E-state index contributed by atoms with van der Waals surface area (Å²) in [5, 5.41) is 11.4. The maximum Gasteiger partial charge on any atom is 0.289 e. The number of rotatable bonds is 6. The first-order valence-corrected chi connectivity index (χ1v) is 10.5. The van der Waals surface area contributed by atoms with Crippen LogP contribution in [0.1, 0.15) is 21.3 Å². The maximum atomic E-state index is 12.5. The predicted molar refractivity (Wildman–Crippen MR) is 106 cm³/mol. The fraction of sp³-hybridized carbons (Fsp3) is 0.611. The molecule has 9 heteroatoms. The Balaban J connectivity index is 1.39. The van der Waals surface area contributed by atoms with E-state index in [1.165, 1.54) is 4.88 Å². The van der Waals surface area contributed by atoms with Crippen LogP contribution in [0, 0.1) is 11.8 Å². The number of thiophene rings is 1. The molecule has 27 heavy (non-hydrogen) atoms. The lowest BCUT2D eigenvalue weighted by Gasteiger charge is -2.25. The molecule has 146 valence electrons. The highest BCUT2D eigenvalue weighted by atomic mass is 35.5. The van der Waals surface area contributed by atoms with Gasteiger partial charge in [-0.2, -0.15) is 0 Å². The van der Waals surface area contributed by atoms with E-state index >= 15 is 0 Å². The van der Waals surface area contributed by atoms with Gasteiger partial charge in [-0.15, -0.1) is 21.5 Å². The molecule has 2 aliphatic rings. The number of nitrogens with one attached hydrogen (secondary N) is 1. The number of hydrogen-bond acceptors (Lipinski definition) is 6. The van der Waals surface area contributed by atoms with Crippen LogP contribution in [0.2, 0.25) is 4.34 Å². The van der Waals surface area contributed by atoms with Crippen molar-refractivity contribution in [1.29, 1.82) is 0 Å². The Morgan fingerprint density at radius 1 is 1.30 bits per heavy atom. The smallest absolute Gasteiger partial charge is 0.289 e. The molecule has 1 fully saturated rings. The molecule has 0 saturated carbocycles. The summed E-state index contributed by atoms with van der Waals surface area (Å²) in [4.78, 5) is 18.3. The van der Waals surface area contributed by atoms with E-state index in [-0.39, 0.29) is 5.91 Å². The number of likely N-dealkylation sites (tertiary alicyclic amines) is 1. The number of carbonyl (C=O) groups is 1. The molecule has 0 radical (unpaired) electrons. The molecule has 0 spiro atoms. The van der Waals surface area contributed by atoms with Crippen molar-refractivity contribution in [3.8, 4) is 0 Å². The lowest BCUT2D eigenvalue weighted by molar-refractivity contribution is 0.0932. The van der Waals surface area contributed by atoms with Crippen molar-refractivity contribution >= 4 is 28.8 Å². The van der Waals surface area contributed by atoms with Gasteiger partial charge < -0.3 is 14.8 Å². The van der Waals surface area contributed by atoms with Gasteiger partial charge in [0, 0.05) is 50.6 Å². The minimum Gasteiger partial charge on any atom is -0.348 e. The molecule has 4 heterocycles. The molecule has 7 nitrogen and oxygen atoms in total. The molecule has 4 rings (SSSR count). The Morgan fingerprint density at radius 2 is 2.11 bits per heavy atom. The number of fused-ring (bicyclic) bond motifs is 2. The summed E-state index contributed by atoms with van der Waals surface area (Å²) in [5.74, 6) is 2.39. The Kier molecular flexibility index (Phi) is 5.50. The van der Waals surface area contributed by atoms with Gasteiger partial charge in [0.05, 0.1) is 4.34 Å². The van der Waals surface area contributed by atoms with Gasteiger partial charge in [-0.25, -0.2) is 0 Å². The third kappa shape index (κ3) is 4.18. The number of likely N-dealkylation sites (N-methyl/N-ethyl adjacent to an activating group) is 1. The van der Waals surface area contributed by atoms with E-state index in [0.717, 1.165) is 49.3 Å². The van der Waals surface area contributed by atoms with Gasteiger partial charge in [-0.1, -0.05) is 11.6 Å². The van der Waals surface area contributed by atoms with Crippen LogP contribution in [0.5, 0.6) is 0 Å². The minimum atomic E-state index is -0.128. The Labute approximate surface area is 168 Å². The van der Waals surface area contributed by atoms with Crippen LogP contribution in [0.15, 0.2) is 12.1 Å². The van der Waals surface area contributed by atoms with E-state index in [9.17, 15) is 4.79 Å². The second-order valence-electron chi connectivity index (χ2n) is 7.73. The van der Waals surface area contributed by atoms with E-state index in [2.05, 4.69) is 26.5 Å². The van der Waals surface area contributed by atoms with E-state index in [0.29, 0.717) is 24.2 Å². The number of hydrogen-bond donors (Lipinski definition) is 1. The third-order valence-corrected chi connectivity index (χ3v) is 6.61. The van der Waals surface area contributed by atoms with E-state index in [1.54, 1.807) is 11.3 Å². The summed E-state index contributed by atoms with van der Waals surface area (Å²) in [5.41, 5.74) is 0. The maximum absolute atomic E-state index is 12.5. The van der Waals surface area contributed by atoms with Gasteiger partial charge in [0.2, 0.25) is 5.82 Å². The second kappa shape index (κ2) is 7.87. The van der Waals surface area contributed by atoms with Crippen LogP contribution in [-0.4, -0.2) is 70.7 Å². The highest BCUT2D eigenvalue weighted by molar-refractivity contribution is 7.16. The van der Waals surface area contributed by atoms with Crippen LogP contribution < -0.4 is 5.32 Å². The highest BCUT2D eigenvalue weighted by Gasteiger charge is 2.39. The molecule has 2 aliphatic heterocycles. The third-order valence-electron chi connectivity index (χ3n) is 5.40. The summed E-state index contributed by atoms with van der Waals surface area (Å²) < 4.78 is 2.87. The van der Waals surface area contributed by atoms with Crippen LogP contribution in [0.25, 0.3) is 0 Å². The molecule has 0 aliphatic carbocycles. The molecule has 2 aromatic rings. The average Bonchev–Trinajstić information content (AvgIpc) is 3.30. The summed E-state index contributed by atoms with van der Waals surface area (Å²) in [6.07, 6.45) is 0.893. The molecule has 2 aromatic heterocycles. The molecular weight excluding hydrogens is 384 g/mol. The number of amides is 1. The van der Waals surface area contributed by atoms with E-state index in [4.69, 9.17) is 11.6 Å². The highest BCUT2D eigenvalue weighted by Crippen LogP contribution is 2.34. The van der Waals surface area contributed by atoms with Crippen molar-refractivity contribution < 1.29 is 4.79 Å². The van der Waals surface area contributed by atoms with Crippen molar-refractivity contribution in [2.75, 3.05) is 40.3 Å². The number of nitrogens with zero attached hydrogens (tertiary/aromatic N) is 5. The fourth-order valence-electron chi connectivity index (χ4n) is 4.05. The van der Waals surface area contributed by atoms with Crippen LogP contribution in [0.4, 0.5) is 0 Å². The van der Waals surface area contributed by atoms with Gasteiger partial charge in [-0.3, -0.25) is 9.69 Å². The first-order chi connectivity index (χ1) is 13.0. The first kappa shape index (κ1) is 18.9. The van der Waals surface area contributed by atoms with Crippen LogP contribution >= 0.6 is 22.9 Å². The monoisotopic (exact) mass is 408 g/mol. The molecule has 1 saturated heterocycles. The SMILES string of the molecule is CN(C)CCNC(=O)c1nnc2n1C[C@@H]1CN(Cc3ccc(Cl)s3)C[C@H]1C2. The van der Waals surface area contributed by atoms with Gasteiger partial charge in [0.1, 0.15) is 5.82 Å². The first-order valence-electron chi connectivity index (χ1n) is 9.31. The van der Waals surface area contributed by atoms with Crippen LogP contribution in [0.3, 0.4) is 0 Å². The normalized spacial score (nSPS) is 22.1. The fourth-order valence-corrected chi connectivity index (χ4v) is 5.18. The van der Waals surface area contributed by atoms with Crippen molar-refractivity contribution in [3.05, 3.63) is 33.0 Å². The Bertz CT molecular complexity index is 819. The summed E-state index contributed by atoms with van der Waals surface area (Å²) >= 11 is 7.71. The molecule has 2 atom stereocenters. The Morgan fingerprint density at radius 3 is 2.85 bits per heavy atom. The van der Waals surface area contributed by atoms with E-state index in [1.807, 2.05) is 29.6 Å². The van der Waals surface area contributed by atoms with E-state index < -0.39 is 0 Å². The number of aromatic nitrogens is 3. The second-order valence-corrected chi connectivity index (χ2v) is 9.53. The molecule has 1 amide bonds. The van der Waals surface area contributed by atoms with Crippen LogP contribution in [-0.2, 0) is 19.5 Å². The zero-order valence-corrected chi connectivity index (χ0v) is 17.3. The predicted octanol–water partition coefficient (Wildman–Crippen LogP) is 1.59. The molecule has 1 N–H and O–H groups in total. The van der Waals surface area contributed by atoms with Crippen molar-refractivity contribution in [3.63, 3.8) is 0 Å². The number of halogens is 1.